The van der Waals surface area contributed by atoms with Crippen LogP contribution in [0.1, 0.15) is 25.3 Å². The summed E-state index contributed by atoms with van der Waals surface area (Å²) >= 11 is 7.45. The highest BCUT2D eigenvalue weighted by molar-refractivity contribution is 8.00. The molecule has 4 rings (SSSR count). The fourth-order valence-corrected chi connectivity index (χ4v) is 5.06. The van der Waals surface area contributed by atoms with Crippen molar-refractivity contribution in [2.24, 2.45) is 13.0 Å². The van der Waals surface area contributed by atoms with E-state index < -0.39 is 0 Å². The van der Waals surface area contributed by atoms with Crippen molar-refractivity contribution in [1.29, 1.82) is 0 Å². The maximum Gasteiger partial charge on any atom is 0.235 e. The molecule has 5 nitrogen and oxygen atoms in total. The van der Waals surface area contributed by atoms with E-state index in [0.29, 0.717) is 10.9 Å². The lowest BCUT2D eigenvalue weighted by atomic mass is 9.90. The van der Waals surface area contributed by atoms with Gasteiger partial charge in [-0.25, -0.2) is 0 Å². The number of thioether (sulfide) groups is 1. The summed E-state index contributed by atoms with van der Waals surface area (Å²) in [5, 5.41) is 9.85. The van der Waals surface area contributed by atoms with Crippen molar-refractivity contribution in [2.75, 3.05) is 13.1 Å². The predicted octanol–water partition coefficient (Wildman–Crippen LogP) is 5.10. The molecule has 1 aliphatic heterocycles. The van der Waals surface area contributed by atoms with Crippen LogP contribution < -0.4 is 0 Å². The Bertz CT molecular complexity index is 1010. The maximum atomic E-state index is 13.0. The van der Waals surface area contributed by atoms with Gasteiger partial charge in [0, 0.05) is 30.7 Å². The van der Waals surface area contributed by atoms with Crippen molar-refractivity contribution in [3.8, 4) is 11.4 Å². The average Bonchev–Trinajstić information content (AvgIpc) is 3.15. The van der Waals surface area contributed by atoms with Crippen LogP contribution in [0.3, 0.4) is 0 Å². The van der Waals surface area contributed by atoms with Gasteiger partial charge in [-0.2, -0.15) is 0 Å². The van der Waals surface area contributed by atoms with E-state index in [9.17, 15) is 4.79 Å². The second-order valence-electron chi connectivity index (χ2n) is 8.09. The zero-order valence-corrected chi connectivity index (χ0v) is 19.4. The van der Waals surface area contributed by atoms with Crippen molar-refractivity contribution in [1.82, 2.24) is 19.7 Å². The molecule has 1 saturated heterocycles. The first-order valence-electron chi connectivity index (χ1n) is 10.7. The standard InChI is InChI=1S/C24H27ClN4OS/c1-17(31-24-27-26-22(28(24)2)20-8-10-21(25)11-9-20)23(30)29-14-12-19(13-15-29)16-18-6-4-3-5-7-18/h3-11,17,19H,12-16H2,1-2H3. The van der Waals surface area contributed by atoms with Crippen LogP contribution in [-0.2, 0) is 18.3 Å². The molecule has 0 saturated carbocycles. The van der Waals surface area contributed by atoms with Crippen LogP contribution in [0.5, 0.6) is 0 Å². The summed E-state index contributed by atoms with van der Waals surface area (Å²) in [5.74, 6) is 1.59. The molecule has 7 heteroatoms. The first kappa shape index (κ1) is 21.9. The van der Waals surface area contributed by atoms with Gasteiger partial charge in [-0.15, -0.1) is 10.2 Å². The van der Waals surface area contributed by atoms with Gasteiger partial charge in [0.1, 0.15) is 0 Å². The van der Waals surface area contributed by atoms with Gasteiger partial charge in [-0.05, 0) is 61.9 Å². The highest BCUT2D eigenvalue weighted by Gasteiger charge is 2.28. The number of aromatic nitrogens is 3. The molecule has 162 valence electrons. The quantitative estimate of drug-likeness (QED) is 0.486. The van der Waals surface area contributed by atoms with Crippen LogP contribution in [0.25, 0.3) is 11.4 Å². The summed E-state index contributed by atoms with van der Waals surface area (Å²) in [6.07, 6.45) is 3.21. The number of rotatable bonds is 6. The highest BCUT2D eigenvalue weighted by atomic mass is 35.5. The minimum atomic E-state index is -0.202. The maximum absolute atomic E-state index is 13.0. The molecule has 2 aromatic carbocycles. The Hall–Kier alpha value is -2.31. The van der Waals surface area contributed by atoms with Crippen molar-refractivity contribution < 1.29 is 4.79 Å². The lowest BCUT2D eigenvalue weighted by Gasteiger charge is -2.33. The molecule has 1 fully saturated rings. The number of benzene rings is 2. The van der Waals surface area contributed by atoms with Gasteiger partial charge in [0.15, 0.2) is 11.0 Å². The summed E-state index contributed by atoms with van der Waals surface area (Å²) < 4.78 is 1.93. The Labute approximate surface area is 192 Å². The van der Waals surface area contributed by atoms with Gasteiger partial charge < -0.3 is 9.47 Å². The number of likely N-dealkylation sites (tertiary alicyclic amines) is 1. The molecule has 0 N–H and O–H groups in total. The summed E-state index contributed by atoms with van der Waals surface area (Å²) in [6.45, 7) is 3.62. The van der Waals surface area contributed by atoms with Crippen LogP contribution in [-0.4, -0.2) is 43.9 Å². The molecule has 1 aliphatic rings. The molecule has 0 radical (unpaired) electrons. The van der Waals surface area contributed by atoms with E-state index in [2.05, 4.69) is 40.5 Å². The normalized spacial score (nSPS) is 15.8. The molecule has 2 heterocycles. The van der Waals surface area contributed by atoms with Crippen molar-refractivity contribution in [3.63, 3.8) is 0 Å². The minimum absolute atomic E-state index is 0.180. The zero-order valence-electron chi connectivity index (χ0n) is 17.9. The average molecular weight is 455 g/mol. The van der Waals surface area contributed by atoms with Gasteiger partial charge >= 0.3 is 0 Å². The molecule has 1 aromatic heterocycles. The third-order valence-electron chi connectivity index (χ3n) is 5.86. The first-order chi connectivity index (χ1) is 15.0. The molecule has 3 aromatic rings. The number of halogens is 1. The first-order valence-corrected chi connectivity index (χ1v) is 11.9. The van der Waals surface area contributed by atoms with Gasteiger partial charge in [-0.3, -0.25) is 4.79 Å². The van der Waals surface area contributed by atoms with E-state index in [-0.39, 0.29) is 11.2 Å². The monoisotopic (exact) mass is 454 g/mol. The molecular formula is C24H27ClN4OS. The van der Waals surface area contributed by atoms with E-state index in [1.54, 1.807) is 0 Å². The number of carbonyl (C=O) groups is 1. The lowest BCUT2D eigenvalue weighted by Crippen LogP contribution is -2.42. The third-order valence-corrected chi connectivity index (χ3v) is 7.23. The number of hydrogen-bond acceptors (Lipinski definition) is 4. The van der Waals surface area contributed by atoms with Crippen LogP contribution in [0.15, 0.2) is 59.8 Å². The lowest BCUT2D eigenvalue weighted by molar-refractivity contribution is -0.131. The van der Waals surface area contributed by atoms with Crippen LogP contribution in [0.2, 0.25) is 5.02 Å². The second-order valence-corrected chi connectivity index (χ2v) is 9.83. The Balaban J connectivity index is 1.32. The van der Waals surface area contributed by atoms with E-state index >= 15 is 0 Å². The summed E-state index contributed by atoms with van der Waals surface area (Å²) in [5.41, 5.74) is 2.33. The molecule has 31 heavy (non-hydrogen) atoms. The highest BCUT2D eigenvalue weighted by Crippen LogP contribution is 2.29. The number of piperidine rings is 1. The Morgan fingerprint density at radius 3 is 2.45 bits per heavy atom. The summed E-state index contributed by atoms with van der Waals surface area (Å²) in [6, 6.07) is 18.2. The number of amides is 1. The van der Waals surface area contributed by atoms with Gasteiger partial charge in [0.25, 0.3) is 0 Å². The molecule has 1 unspecified atom stereocenters. The van der Waals surface area contributed by atoms with E-state index in [1.165, 1.54) is 17.3 Å². The van der Waals surface area contributed by atoms with E-state index in [1.807, 2.05) is 47.7 Å². The molecular weight excluding hydrogens is 428 g/mol. The Kier molecular flexibility index (Phi) is 6.98. The third kappa shape index (κ3) is 5.31. The zero-order chi connectivity index (χ0) is 21.8. The van der Waals surface area contributed by atoms with Crippen molar-refractivity contribution in [3.05, 3.63) is 65.2 Å². The van der Waals surface area contributed by atoms with E-state index in [4.69, 9.17) is 11.6 Å². The minimum Gasteiger partial charge on any atom is -0.342 e. The fourth-order valence-electron chi connectivity index (χ4n) is 4.04. The number of carbonyl (C=O) groups excluding carboxylic acids is 1. The number of nitrogens with zero attached hydrogens (tertiary/aromatic N) is 4. The fraction of sp³-hybridized carbons (Fsp3) is 0.375. The molecule has 0 aliphatic carbocycles. The van der Waals surface area contributed by atoms with Gasteiger partial charge in [0.05, 0.1) is 5.25 Å². The largest absolute Gasteiger partial charge is 0.342 e. The second kappa shape index (κ2) is 9.88. The summed E-state index contributed by atoms with van der Waals surface area (Å²) in [4.78, 5) is 15.0. The molecule has 1 atom stereocenters. The Morgan fingerprint density at radius 2 is 1.77 bits per heavy atom. The topological polar surface area (TPSA) is 51.0 Å². The SMILES string of the molecule is CC(Sc1nnc(-c2ccc(Cl)cc2)n1C)C(=O)N1CCC(Cc2ccccc2)CC1. The van der Waals surface area contributed by atoms with Crippen LogP contribution in [0.4, 0.5) is 0 Å². The van der Waals surface area contributed by atoms with E-state index in [0.717, 1.165) is 48.9 Å². The van der Waals surface area contributed by atoms with Crippen molar-refractivity contribution >= 4 is 29.3 Å². The predicted molar refractivity (Wildman–Crippen MR) is 126 cm³/mol. The summed E-state index contributed by atoms with van der Waals surface area (Å²) in [7, 11) is 1.93. The Morgan fingerprint density at radius 1 is 1.10 bits per heavy atom. The van der Waals surface area contributed by atoms with Gasteiger partial charge in [-0.1, -0.05) is 53.7 Å². The smallest absolute Gasteiger partial charge is 0.235 e. The molecule has 0 spiro atoms. The van der Waals surface area contributed by atoms with Crippen LogP contribution >= 0.6 is 23.4 Å². The van der Waals surface area contributed by atoms with Gasteiger partial charge in [0.2, 0.25) is 5.91 Å². The molecule has 0 bridgehead atoms. The van der Waals surface area contributed by atoms with Crippen LogP contribution in [0, 0.1) is 5.92 Å². The number of hydrogen-bond donors (Lipinski definition) is 0. The van der Waals surface area contributed by atoms with Crippen molar-refractivity contribution in [2.45, 2.75) is 36.6 Å². The molecule has 1 amide bonds.